The molecule has 18 heavy (non-hydrogen) atoms. The van der Waals surface area contributed by atoms with E-state index in [0.717, 1.165) is 19.3 Å². The van der Waals surface area contributed by atoms with Gasteiger partial charge < -0.3 is 14.6 Å². The molecule has 2 bridgehead atoms. The average Bonchev–Trinajstić information content (AvgIpc) is 2.93. The first kappa shape index (κ1) is 11.7. The molecule has 1 aromatic heterocycles. The molecular weight excluding hydrogens is 230 g/mol. The van der Waals surface area contributed by atoms with Crippen molar-refractivity contribution in [2.24, 2.45) is 0 Å². The molecule has 0 radical (unpaired) electrons. The van der Waals surface area contributed by atoms with E-state index in [-0.39, 0.29) is 23.7 Å². The van der Waals surface area contributed by atoms with Gasteiger partial charge in [0.05, 0.1) is 18.2 Å². The van der Waals surface area contributed by atoms with Gasteiger partial charge in [-0.15, -0.1) is 0 Å². The molecule has 2 aliphatic rings. The number of fused-ring (bicyclic) bond motifs is 2. The predicted octanol–water partition coefficient (Wildman–Crippen LogP) is 1.56. The smallest absolute Gasteiger partial charge is 0.293 e. The summed E-state index contributed by atoms with van der Waals surface area (Å²) in [5.74, 6) is 0.451. The number of ether oxygens (including phenoxy) is 1. The lowest BCUT2D eigenvalue weighted by atomic mass is 9.95. The highest BCUT2D eigenvalue weighted by molar-refractivity contribution is 5.33. The Balaban J connectivity index is 1.81. The van der Waals surface area contributed by atoms with Crippen molar-refractivity contribution in [3.05, 3.63) is 22.7 Å². The van der Waals surface area contributed by atoms with Crippen molar-refractivity contribution in [1.29, 1.82) is 0 Å². The van der Waals surface area contributed by atoms with Crippen LogP contribution in [0.25, 0.3) is 0 Å². The Morgan fingerprint density at radius 2 is 2.33 bits per heavy atom. The van der Waals surface area contributed by atoms with Gasteiger partial charge in [-0.1, -0.05) is 0 Å². The van der Waals surface area contributed by atoms with Crippen LogP contribution in [0.15, 0.2) is 17.2 Å². The zero-order chi connectivity index (χ0) is 12.7. The summed E-state index contributed by atoms with van der Waals surface area (Å²) in [6.07, 6.45) is 7.28. The van der Waals surface area contributed by atoms with E-state index in [9.17, 15) is 4.79 Å². The molecule has 2 saturated heterocycles. The molecule has 98 valence electrons. The first-order valence-electron chi connectivity index (χ1n) is 6.64. The van der Waals surface area contributed by atoms with Crippen molar-refractivity contribution in [3.63, 3.8) is 0 Å². The fourth-order valence-electron chi connectivity index (χ4n) is 2.90. The molecular formula is C13H19N3O2. The van der Waals surface area contributed by atoms with Crippen LogP contribution >= 0.6 is 0 Å². The van der Waals surface area contributed by atoms with Crippen molar-refractivity contribution in [1.82, 2.24) is 9.55 Å². The number of rotatable bonds is 3. The average molecular weight is 249 g/mol. The van der Waals surface area contributed by atoms with E-state index in [4.69, 9.17) is 4.74 Å². The third kappa shape index (κ3) is 1.92. The summed E-state index contributed by atoms with van der Waals surface area (Å²) < 4.78 is 7.47. The van der Waals surface area contributed by atoms with Gasteiger partial charge in [-0.3, -0.25) is 4.79 Å². The predicted molar refractivity (Wildman–Crippen MR) is 68.8 cm³/mol. The Labute approximate surface area is 106 Å². The zero-order valence-electron chi connectivity index (χ0n) is 10.8. The van der Waals surface area contributed by atoms with E-state index >= 15 is 0 Å². The third-order valence-corrected chi connectivity index (χ3v) is 3.85. The molecule has 5 nitrogen and oxygen atoms in total. The van der Waals surface area contributed by atoms with E-state index in [1.165, 1.54) is 0 Å². The minimum atomic E-state index is -0.0460. The summed E-state index contributed by atoms with van der Waals surface area (Å²) in [5.41, 5.74) is -0.0460. The number of aromatic nitrogens is 2. The maximum Gasteiger partial charge on any atom is 0.293 e. The van der Waals surface area contributed by atoms with E-state index in [1.807, 2.05) is 13.8 Å². The lowest BCUT2D eigenvalue weighted by Crippen LogP contribution is -2.35. The number of anilines is 1. The molecule has 0 spiro atoms. The van der Waals surface area contributed by atoms with Gasteiger partial charge >= 0.3 is 0 Å². The molecule has 3 heterocycles. The molecule has 3 rings (SSSR count). The van der Waals surface area contributed by atoms with Gasteiger partial charge in [0, 0.05) is 18.4 Å². The Bertz CT molecular complexity index is 497. The first-order valence-corrected chi connectivity index (χ1v) is 6.64. The molecule has 5 heteroatoms. The van der Waals surface area contributed by atoms with Crippen LogP contribution in [0, 0.1) is 0 Å². The molecule has 2 fully saturated rings. The van der Waals surface area contributed by atoms with E-state index in [0.29, 0.717) is 11.9 Å². The number of hydrogen-bond acceptors (Lipinski definition) is 4. The lowest BCUT2D eigenvalue weighted by Gasteiger charge is -2.21. The second-order valence-corrected chi connectivity index (χ2v) is 5.44. The monoisotopic (exact) mass is 249 g/mol. The fourth-order valence-corrected chi connectivity index (χ4v) is 2.90. The second kappa shape index (κ2) is 4.39. The Kier molecular flexibility index (Phi) is 2.86. The molecule has 0 aliphatic carbocycles. The van der Waals surface area contributed by atoms with Gasteiger partial charge in [-0.05, 0) is 33.1 Å². The van der Waals surface area contributed by atoms with E-state index in [1.54, 1.807) is 17.0 Å². The summed E-state index contributed by atoms with van der Waals surface area (Å²) in [4.78, 5) is 16.4. The normalized spacial score (nSPS) is 30.1. The SMILES string of the molecule is CC(C)n1ccnc(NC2CC3CCC2O3)c1=O. The van der Waals surface area contributed by atoms with Crippen LogP contribution in [-0.2, 0) is 4.74 Å². The van der Waals surface area contributed by atoms with Crippen LogP contribution in [0.2, 0.25) is 0 Å². The molecule has 2 aliphatic heterocycles. The maximum absolute atomic E-state index is 12.2. The lowest BCUT2D eigenvalue weighted by molar-refractivity contribution is 0.102. The van der Waals surface area contributed by atoms with Crippen LogP contribution in [0.1, 0.15) is 39.2 Å². The maximum atomic E-state index is 12.2. The van der Waals surface area contributed by atoms with Gasteiger partial charge in [0.1, 0.15) is 0 Å². The number of nitrogens with zero attached hydrogens (tertiary/aromatic N) is 2. The second-order valence-electron chi connectivity index (χ2n) is 5.44. The van der Waals surface area contributed by atoms with Crippen LogP contribution in [-0.4, -0.2) is 27.8 Å². The van der Waals surface area contributed by atoms with Crippen molar-refractivity contribution in [2.45, 2.75) is 57.4 Å². The van der Waals surface area contributed by atoms with Crippen LogP contribution in [0.3, 0.4) is 0 Å². The van der Waals surface area contributed by atoms with Gasteiger partial charge in [-0.2, -0.15) is 0 Å². The van der Waals surface area contributed by atoms with Gasteiger partial charge in [0.15, 0.2) is 5.82 Å². The van der Waals surface area contributed by atoms with Crippen molar-refractivity contribution in [3.8, 4) is 0 Å². The molecule has 0 saturated carbocycles. The Morgan fingerprint density at radius 3 is 2.94 bits per heavy atom. The summed E-state index contributed by atoms with van der Waals surface area (Å²) in [7, 11) is 0. The van der Waals surface area contributed by atoms with Crippen LogP contribution in [0.4, 0.5) is 5.82 Å². The highest BCUT2D eigenvalue weighted by Crippen LogP contribution is 2.35. The van der Waals surface area contributed by atoms with Crippen LogP contribution < -0.4 is 10.9 Å². The summed E-state index contributed by atoms with van der Waals surface area (Å²) in [5, 5.41) is 3.27. The number of nitrogens with one attached hydrogen (secondary N) is 1. The molecule has 0 amide bonds. The summed E-state index contributed by atoms with van der Waals surface area (Å²) >= 11 is 0. The van der Waals surface area contributed by atoms with Crippen LogP contribution in [0.5, 0.6) is 0 Å². The highest BCUT2D eigenvalue weighted by atomic mass is 16.5. The minimum Gasteiger partial charge on any atom is -0.373 e. The van der Waals surface area contributed by atoms with Crippen molar-refractivity contribution in [2.75, 3.05) is 5.32 Å². The van der Waals surface area contributed by atoms with Gasteiger partial charge in [0.2, 0.25) is 0 Å². The quantitative estimate of drug-likeness (QED) is 0.883. The fraction of sp³-hybridized carbons (Fsp3) is 0.692. The highest BCUT2D eigenvalue weighted by Gasteiger charge is 2.41. The Hall–Kier alpha value is -1.36. The number of hydrogen-bond donors (Lipinski definition) is 1. The summed E-state index contributed by atoms with van der Waals surface area (Å²) in [6, 6.07) is 0.393. The van der Waals surface area contributed by atoms with Crippen molar-refractivity contribution < 1.29 is 4.74 Å². The molecule has 1 aromatic rings. The zero-order valence-corrected chi connectivity index (χ0v) is 10.8. The summed E-state index contributed by atoms with van der Waals surface area (Å²) in [6.45, 7) is 3.98. The molecule has 3 unspecified atom stereocenters. The van der Waals surface area contributed by atoms with Crippen molar-refractivity contribution >= 4 is 5.82 Å². The van der Waals surface area contributed by atoms with Gasteiger partial charge in [-0.25, -0.2) is 4.98 Å². The standard InChI is InChI=1S/C13H19N3O2/c1-8(2)16-6-5-14-12(13(16)17)15-10-7-9-3-4-11(10)18-9/h5-6,8-11H,3-4,7H2,1-2H3,(H,14,15). The Morgan fingerprint density at radius 1 is 1.50 bits per heavy atom. The van der Waals surface area contributed by atoms with E-state index < -0.39 is 0 Å². The van der Waals surface area contributed by atoms with Gasteiger partial charge in [0.25, 0.3) is 5.56 Å². The third-order valence-electron chi connectivity index (χ3n) is 3.85. The molecule has 3 atom stereocenters. The van der Waals surface area contributed by atoms with E-state index in [2.05, 4.69) is 10.3 Å². The topological polar surface area (TPSA) is 56.1 Å². The largest absolute Gasteiger partial charge is 0.373 e. The first-order chi connectivity index (χ1) is 8.65. The minimum absolute atomic E-state index is 0.0460. The molecule has 0 aromatic carbocycles. The molecule has 1 N–H and O–H groups in total.